The molecule has 1 fully saturated rings. The van der Waals surface area contributed by atoms with E-state index in [0.29, 0.717) is 6.07 Å². The highest BCUT2D eigenvalue weighted by molar-refractivity contribution is 7.99. The summed E-state index contributed by atoms with van der Waals surface area (Å²) >= 11 is 1.20. The van der Waals surface area contributed by atoms with Gasteiger partial charge in [-0.05, 0) is 6.07 Å². The summed E-state index contributed by atoms with van der Waals surface area (Å²) in [5, 5.41) is 9.34. The van der Waals surface area contributed by atoms with Crippen molar-refractivity contribution in [2.75, 3.05) is 29.5 Å². The van der Waals surface area contributed by atoms with Crippen LogP contribution in [-0.2, 0) is 14.4 Å². The molecule has 0 saturated carbocycles. The summed E-state index contributed by atoms with van der Waals surface area (Å²) < 4.78 is 117. The van der Waals surface area contributed by atoms with Crippen LogP contribution in [0.2, 0.25) is 0 Å². The molecule has 4 rings (SSSR count). The Hall–Kier alpha value is -3.56. The van der Waals surface area contributed by atoms with Crippen molar-refractivity contribution in [3.05, 3.63) is 47.0 Å². The van der Waals surface area contributed by atoms with Crippen LogP contribution in [0.3, 0.4) is 0 Å². The summed E-state index contributed by atoms with van der Waals surface area (Å²) in [4.78, 5) is 37.6. The number of thioether (sulfide) groups is 1. The zero-order valence-corrected chi connectivity index (χ0v) is 18.8. The van der Waals surface area contributed by atoms with E-state index >= 15 is 0 Å². The normalized spacial score (nSPS) is 18.9. The van der Waals surface area contributed by atoms with Gasteiger partial charge < -0.3 is 14.7 Å². The number of anilines is 1. The molecule has 2 aliphatic rings. The molecular weight excluding hydrogens is 544 g/mol. The molecule has 0 spiro atoms. The smallest absolute Gasteiger partial charge is 0.480 e. The van der Waals surface area contributed by atoms with Crippen LogP contribution >= 0.6 is 11.8 Å². The Morgan fingerprint density at radius 1 is 1.03 bits per heavy atom. The lowest BCUT2D eigenvalue weighted by atomic mass is 10.0. The molecule has 0 radical (unpaired) electrons. The molecule has 37 heavy (non-hydrogen) atoms. The van der Waals surface area contributed by atoms with E-state index < -0.39 is 93.9 Å². The quantitative estimate of drug-likeness (QED) is 0.353. The Morgan fingerprint density at radius 3 is 2.22 bits per heavy atom. The molecule has 0 bridgehead atoms. The molecule has 0 unspecified atom stereocenters. The summed E-state index contributed by atoms with van der Waals surface area (Å²) in [6.07, 6.45) is -4.64. The number of benzene rings is 2. The second kappa shape index (κ2) is 9.39. The average Bonchev–Trinajstić information content (AvgIpc) is 2.84. The Balaban J connectivity index is 1.83. The van der Waals surface area contributed by atoms with Crippen LogP contribution in [-0.4, -0.2) is 64.5 Å². The summed E-state index contributed by atoms with van der Waals surface area (Å²) in [6.45, 7) is -1.36. The van der Waals surface area contributed by atoms with Crippen LogP contribution in [0, 0.1) is 34.9 Å². The minimum absolute atomic E-state index is 0.0412. The number of fused-ring (bicyclic) bond motifs is 1. The summed E-state index contributed by atoms with van der Waals surface area (Å²) in [7, 11) is 0. The number of halogens is 8. The lowest BCUT2D eigenvalue weighted by Crippen LogP contribution is -2.57. The first kappa shape index (κ1) is 26.5. The van der Waals surface area contributed by atoms with Crippen LogP contribution in [0.5, 0.6) is 5.75 Å². The summed E-state index contributed by atoms with van der Waals surface area (Å²) in [5.74, 6) is -19.6. The highest BCUT2D eigenvalue weighted by Gasteiger charge is 2.52. The highest BCUT2D eigenvalue weighted by Crippen LogP contribution is 2.44. The third kappa shape index (κ3) is 4.42. The molecule has 1 N–H and O–H groups in total. The first-order valence-corrected chi connectivity index (χ1v) is 11.3. The molecule has 2 aromatic carbocycles. The van der Waals surface area contributed by atoms with Gasteiger partial charge in [-0.2, -0.15) is 20.5 Å². The van der Waals surface area contributed by atoms with Crippen LogP contribution in [0.1, 0.15) is 0 Å². The topological polar surface area (TPSA) is 87.2 Å². The van der Waals surface area contributed by atoms with Crippen LogP contribution < -0.4 is 9.64 Å². The van der Waals surface area contributed by atoms with Gasteiger partial charge in [0.05, 0.1) is 11.3 Å². The summed E-state index contributed by atoms with van der Waals surface area (Å²) in [6, 6.07) is -0.929. The number of hydrogen-bond acceptors (Lipinski definition) is 5. The fourth-order valence-electron chi connectivity index (χ4n) is 3.81. The van der Waals surface area contributed by atoms with Gasteiger partial charge in [0.15, 0.2) is 29.0 Å². The molecule has 1 atom stereocenters. The number of carboxylic acids is 1. The first-order chi connectivity index (χ1) is 17.3. The maximum atomic E-state index is 14.7. The zero-order valence-electron chi connectivity index (χ0n) is 18.0. The predicted octanol–water partition coefficient (Wildman–Crippen LogP) is 3.54. The van der Waals surface area contributed by atoms with Gasteiger partial charge in [0, 0.05) is 29.7 Å². The van der Waals surface area contributed by atoms with Crippen molar-refractivity contribution >= 4 is 35.2 Å². The monoisotopic (exact) mass is 556 g/mol. The van der Waals surface area contributed by atoms with E-state index in [9.17, 15) is 54.6 Å². The van der Waals surface area contributed by atoms with Crippen molar-refractivity contribution in [3.63, 3.8) is 0 Å². The molecule has 1 saturated heterocycles. The molecule has 0 aliphatic carbocycles. The fourth-order valence-corrected chi connectivity index (χ4v) is 4.85. The number of carbonyl (C=O) groups excluding carboxylic acids is 2. The van der Waals surface area contributed by atoms with Gasteiger partial charge >= 0.3 is 18.0 Å². The van der Waals surface area contributed by atoms with E-state index in [1.165, 1.54) is 11.8 Å². The molecule has 2 amide bonds. The minimum Gasteiger partial charge on any atom is -0.480 e. The number of alkyl halides is 2. The van der Waals surface area contributed by atoms with E-state index in [2.05, 4.69) is 4.74 Å². The number of hydrogen-bond donors (Lipinski definition) is 1. The Kier molecular flexibility index (Phi) is 6.73. The zero-order chi connectivity index (χ0) is 27.4. The second-order valence-corrected chi connectivity index (χ2v) is 8.92. The van der Waals surface area contributed by atoms with Crippen molar-refractivity contribution in [3.8, 4) is 16.9 Å². The number of nitrogens with zero attached hydrogens (tertiary/aromatic N) is 2. The lowest BCUT2D eigenvalue weighted by molar-refractivity contribution is -0.193. The van der Waals surface area contributed by atoms with Gasteiger partial charge in [0.1, 0.15) is 18.4 Å². The number of rotatable bonds is 4. The van der Waals surface area contributed by atoms with E-state index in [1.54, 1.807) is 0 Å². The summed E-state index contributed by atoms with van der Waals surface area (Å²) in [5.41, 5.74) is -3.93. The minimum atomic E-state index is -4.64. The maximum Gasteiger partial charge on any atom is 0.482 e. The third-order valence-corrected chi connectivity index (χ3v) is 6.60. The van der Waals surface area contributed by atoms with E-state index in [1.807, 2.05) is 0 Å². The Morgan fingerprint density at radius 2 is 1.62 bits per heavy atom. The number of amides is 2. The molecule has 198 valence electrons. The van der Waals surface area contributed by atoms with Gasteiger partial charge in [0.2, 0.25) is 11.7 Å². The number of ether oxygens (including phenoxy) is 1. The van der Waals surface area contributed by atoms with Gasteiger partial charge in [0.25, 0.3) is 0 Å². The molecule has 7 nitrogen and oxygen atoms in total. The molecule has 0 aromatic heterocycles. The van der Waals surface area contributed by atoms with Crippen molar-refractivity contribution in [1.29, 1.82) is 0 Å². The SMILES string of the molecule is O=C(O)[C@@H]1CSCCN1C(=O)CN1C(=O)C(F)(F)Oc2cc(F)c(-c3c(F)c(F)c(F)c(F)c3F)cc21. The third-order valence-electron chi connectivity index (χ3n) is 5.58. The number of carboxylic acid groups (broad SMARTS) is 1. The molecule has 16 heteroatoms. The van der Waals surface area contributed by atoms with Crippen molar-refractivity contribution in [2.45, 2.75) is 12.2 Å². The van der Waals surface area contributed by atoms with Crippen LogP contribution in [0.15, 0.2) is 12.1 Å². The number of aliphatic carboxylic acids is 1. The van der Waals surface area contributed by atoms with Crippen LogP contribution in [0.25, 0.3) is 11.1 Å². The largest absolute Gasteiger partial charge is 0.482 e. The highest BCUT2D eigenvalue weighted by atomic mass is 32.2. The second-order valence-electron chi connectivity index (χ2n) is 7.77. The van der Waals surface area contributed by atoms with E-state index in [0.717, 1.165) is 4.90 Å². The average molecular weight is 556 g/mol. The van der Waals surface area contributed by atoms with Gasteiger partial charge in [-0.15, -0.1) is 0 Å². The van der Waals surface area contributed by atoms with Crippen molar-refractivity contribution in [1.82, 2.24) is 4.90 Å². The molecule has 2 heterocycles. The first-order valence-electron chi connectivity index (χ1n) is 10.1. The van der Waals surface area contributed by atoms with Crippen molar-refractivity contribution < 1.29 is 59.4 Å². The van der Waals surface area contributed by atoms with Gasteiger partial charge in [-0.25, -0.2) is 31.1 Å². The van der Waals surface area contributed by atoms with Gasteiger partial charge in [-0.3, -0.25) is 14.5 Å². The Labute approximate surface area is 205 Å². The van der Waals surface area contributed by atoms with E-state index in [-0.39, 0.29) is 29.0 Å². The van der Waals surface area contributed by atoms with E-state index in [4.69, 9.17) is 0 Å². The standard InChI is InChI=1S/C21H12F8N2O5S/c22-8-4-11-9(3-7(8)13-14(23)16(25)18(27)17(26)15(13)24)31(20(35)21(28,29)36-11)5-12(32)30-1-2-37-6-10(30)19(33)34/h3-4,10H,1-2,5-6H2,(H,33,34)/t10-/m0/s1. The van der Waals surface area contributed by atoms with Crippen molar-refractivity contribution in [2.24, 2.45) is 0 Å². The maximum absolute atomic E-state index is 14.7. The lowest BCUT2D eigenvalue weighted by Gasteiger charge is -2.37. The number of carbonyl (C=O) groups is 3. The van der Waals surface area contributed by atoms with Gasteiger partial charge in [-0.1, -0.05) is 0 Å². The molecule has 2 aliphatic heterocycles. The predicted molar refractivity (Wildman–Crippen MR) is 110 cm³/mol. The van der Waals surface area contributed by atoms with Crippen LogP contribution in [0.4, 0.5) is 40.8 Å². The molecular formula is C21H12F8N2O5S. The molecule has 2 aromatic rings. The fraction of sp³-hybridized carbons (Fsp3) is 0.286. The Bertz CT molecular complexity index is 1310.